The van der Waals surface area contributed by atoms with Gasteiger partial charge in [0, 0.05) is 12.6 Å². The van der Waals surface area contributed by atoms with Crippen molar-refractivity contribution in [3.8, 4) is 0 Å². The average Bonchev–Trinajstić information content (AvgIpc) is 2.62. The van der Waals surface area contributed by atoms with E-state index in [1.165, 1.54) is 24.0 Å². The summed E-state index contributed by atoms with van der Waals surface area (Å²) < 4.78 is 0. The second-order valence-corrected chi connectivity index (χ2v) is 5.28. The van der Waals surface area contributed by atoms with Crippen molar-refractivity contribution in [1.82, 2.24) is 10.6 Å². The Morgan fingerprint density at radius 2 is 2.16 bits per heavy atom. The molecular weight excluding hydrogens is 236 g/mol. The van der Waals surface area contributed by atoms with Crippen molar-refractivity contribution in [3.05, 3.63) is 35.4 Å². The van der Waals surface area contributed by atoms with Crippen molar-refractivity contribution in [2.24, 2.45) is 0 Å². The molecule has 2 atom stereocenters. The zero-order chi connectivity index (χ0) is 13.7. The lowest BCUT2D eigenvalue weighted by atomic mass is 9.98. The Hall–Kier alpha value is -1.35. The van der Waals surface area contributed by atoms with E-state index in [1.807, 2.05) is 13.8 Å². The first-order valence-electron chi connectivity index (χ1n) is 7.34. The highest BCUT2D eigenvalue weighted by molar-refractivity contribution is 5.81. The number of rotatable bonds is 4. The maximum Gasteiger partial charge on any atom is 0.236 e. The fourth-order valence-electron chi connectivity index (χ4n) is 2.80. The van der Waals surface area contributed by atoms with Crippen molar-refractivity contribution < 1.29 is 4.79 Å². The number of fused-ring (bicyclic) bond motifs is 1. The van der Waals surface area contributed by atoms with Gasteiger partial charge in [0.1, 0.15) is 0 Å². The highest BCUT2D eigenvalue weighted by Gasteiger charge is 2.22. The average molecular weight is 260 g/mol. The fraction of sp³-hybridized carbons (Fsp3) is 0.562. The van der Waals surface area contributed by atoms with Gasteiger partial charge < -0.3 is 5.32 Å². The summed E-state index contributed by atoms with van der Waals surface area (Å²) in [5, 5.41) is 6.36. The van der Waals surface area contributed by atoms with Crippen molar-refractivity contribution in [2.75, 3.05) is 6.54 Å². The molecule has 0 bridgehead atoms. The first-order chi connectivity index (χ1) is 9.22. The van der Waals surface area contributed by atoms with Gasteiger partial charge in [-0.25, -0.2) is 0 Å². The van der Waals surface area contributed by atoms with Crippen molar-refractivity contribution in [1.29, 1.82) is 0 Å². The molecule has 0 aliphatic heterocycles. The lowest BCUT2D eigenvalue weighted by molar-refractivity contribution is -0.122. The molecule has 0 fully saturated rings. The van der Waals surface area contributed by atoms with Crippen LogP contribution in [0.4, 0.5) is 0 Å². The Kier molecular flexibility index (Phi) is 4.97. The number of hydrogen-bond acceptors (Lipinski definition) is 2. The highest BCUT2D eigenvalue weighted by atomic mass is 16.2. The van der Waals surface area contributed by atoms with Crippen LogP contribution < -0.4 is 10.6 Å². The van der Waals surface area contributed by atoms with Crippen LogP contribution in [0.15, 0.2) is 24.3 Å². The van der Waals surface area contributed by atoms with E-state index < -0.39 is 0 Å². The molecule has 0 saturated carbocycles. The quantitative estimate of drug-likeness (QED) is 0.817. The fourth-order valence-corrected chi connectivity index (χ4v) is 2.80. The number of likely N-dealkylation sites (N-methyl/N-ethyl adjacent to an activating group) is 1. The molecule has 1 aromatic carbocycles. The zero-order valence-electron chi connectivity index (χ0n) is 11.9. The number of nitrogens with one attached hydrogen (secondary N) is 2. The standard InChI is InChI=1S/C16H24N2O/c1-3-17-16(19)12(2)18-15-11-7-5-9-13-8-4-6-10-14(13)15/h4,6,8,10,12,15,18H,3,5,7,9,11H2,1-2H3,(H,17,19). The summed E-state index contributed by atoms with van der Waals surface area (Å²) in [7, 11) is 0. The van der Waals surface area contributed by atoms with E-state index in [4.69, 9.17) is 0 Å². The van der Waals surface area contributed by atoms with E-state index in [9.17, 15) is 4.79 Å². The lowest BCUT2D eigenvalue weighted by Crippen LogP contribution is -2.43. The van der Waals surface area contributed by atoms with Gasteiger partial charge in [0.05, 0.1) is 6.04 Å². The molecule has 104 valence electrons. The van der Waals surface area contributed by atoms with Crippen LogP contribution in [-0.4, -0.2) is 18.5 Å². The molecule has 3 nitrogen and oxygen atoms in total. The first-order valence-corrected chi connectivity index (χ1v) is 7.34. The molecule has 0 radical (unpaired) electrons. The monoisotopic (exact) mass is 260 g/mol. The number of carbonyl (C=O) groups is 1. The number of hydrogen-bond donors (Lipinski definition) is 2. The molecule has 0 spiro atoms. The van der Waals surface area contributed by atoms with E-state index in [0.29, 0.717) is 12.6 Å². The molecule has 1 amide bonds. The Morgan fingerprint density at radius 3 is 2.95 bits per heavy atom. The largest absolute Gasteiger partial charge is 0.355 e. The molecule has 1 aliphatic carbocycles. The molecule has 1 aliphatic rings. The van der Waals surface area contributed by atoms with Crippen LogP contribution in [0.3, 0.4) is 0 Å². The van der Waals surface area contributed by atoms with Gasteiger partial charge in [0.25, 0.3) is 0 Å². The second-order valence-electron chi connectivity index (χ2n) is 5.28. The SMILES string of the molecule is CCNC(=O)C(C)NC1CCCCc2ccccc21. The van der Waals surface area contributed by atoms with Gasteiger partial charge >= 0.3 is 0 Å². The minimum absolute atomic E-state index is 0.0872. The molecule has 0 saturated heterocycles. The third-order valence-corrected chi connectivity index (χ3v) is 3.81. The summed E-state index contributed by atoms with van der Waals surface area (Å²) in [5.41, 5.74) is 2.80. The van der Waals surface area contributed by atoms with E-state index in [0.717, 1.165) is 12.8 Å². The molecule has 19 heavy (non-hydrogen) atoms. The summed E-state index contributed by atoms with van der Waals surface area (Å²) in [5.74, 6) is 0.0872. The van der Waals surface area contributed by atoms with Crippen molar-refractivity contribution >= 4 is 5.91 Å². The van der Waals surface area contributed by atoms with Crippen LogP contribution in [0.25, 0.3) is 0 Å². The van der Waals surface area contributed by atoms with Crippen LogP contribution in [0.5, 0.6) is 0 Å². The summed E-state index contributed by atoms with van der Waals surface area (Å²) in [6, 6.07) is 8.77. The predicted octanol–water partition coefficient (Wildman–Crippen LogP) is 2.57. The highest BCUT2D eigenvalue weighted by Crippen LogP contribution is 2.28. The summed E-state index contributed by atoms with van der Waals surface area (Å²) in [6.45, 7) is 4.58. The maximum atomic E-state index is 11.8. The Labute approximate surface area is 115 Å². The number of carbonyl (C=O) groups excluding carboxylic acids is 1. The molecule has 2 unspecified atom stereocenters. The minimum atomic E-state index is -0.142. The Morgan fingerprint density at radius 1 is 1.37 bits per heavy atom. The van der Waals surface area contributed by atoms with Crippen LogP contribution in [0, 0.1) is 0 Å². The second kappa shape index (κ2) is 6.71. The summed E-state index contributed by atoms with van der Waals surface area (Å²) >= 11 is 0. The van der Waals surface area contributed by atoms with Crippen LogP contribution in [0.1, 0.15) is 50.3 Å². The smallest absolute Gasteiger partial charge is 0.236 e. The van der Waals surface area contributed by atoms with Gasteiger partial charge in [-0.3, -0.25) is 10.1 Å². The third kappa shape index (κ3) is 3.57. The molecule has 0 heterocycles. The molecule has 0 aromatic heterocycles. The zero-order valence-corrected chi connectivity index (χ0v) is 11.9. The van der Waals surface area contributed by atoms with Crippen LogP contribution in [-0.2, 0) is 11.2 Å². The van der Waals surface area contributed by atoms with Crippen molar-refractivity contribution in [2.45, 2.75) is 51.6 Å². The lowest BCUT2D eigenvalue weighted by Gasteiger charge is -2.23. The van der Waals surface area contributed by atoms with Crippen LogP contribution >= 0.6 is 0 Å². The minimum Gasteiger partial charge on any atom is -0.355 e. The summed E-state index contributed by atoms with van der Waals surface area (Å²) in [6.07, 6.45) is 4.73. The van der Waals surface area contributed by atoms with Gasteiger partial charge in [0.15, 0.2) is 0 Å². The predicted molar refractivity (Wildman–Crippen MR) is 78.0 cm³/mol. The van der Waals surface area contributed by atoms with E-state index in [2.05, 4.69) is 34.9 Å². The van der Waals surface area contributed by atoms with E-state index >= 15 is 0 Å². The van der Waals surface area contributed by atoms with Gasteiger partial charge in [-0.2, -0.15) is 0 Å². The molecule has 1 aromatic rings. The first kappa shape index (κ1) is 14.1. The van der Waals surface area contributed by atoms with Gasteiger partial charge in [-0.15, -0.1) is 0 Å². The number of amides is 1. The third-order valence-electron chi connectivity index (χ3n) is 3.81. The Balaban J connectivity index is 2.09. The van der Waals surface area contributed by atoms with Crippen molar-refractivity contribution in [3.63, 3.8) is 0 Å². The van der Waals surface area contributed by atoms with Crippen LogP contribution in [0.2, 0.25) is 0 Å². The molecule has 2 N–H and O–H groups in total. The van der Waals surface area contributed by atoms with Gasteiger partial charge in [-0.05, 0) is 44.2 Å². The normalized spacial score (nSPS) is 20.2. The molecule has 2 rings (SSSR count). The summed E-state index contributed by atoms with van der Waals surface area (Å²) in [4.78, 5) is 11.8. The Bertz CT molecular complexity index is 431. The number of benzene rings is 1. The van der Waals surface area contributed by atoms with E-state index in [-0.39, 0.29) is 11.9 Å². The van der Waals surface area contributed by atoms with E-state index in [1.54, 1.807) is 0 Å². The number of aryl methyl sites for hydroxylation is 1. The van der Waals surface area contributed by atoms with Gasteiger partial charge in [-0.1, -0.05) is 30.7 Å². The topological polar surface area (TPSA) is 41.1 Å². The maximum absolute atomic E-state index is 11.8. The molecule has 3 heteroatoms. The van der Waals surface area contributed by atoms with Gasteiger partial charge in [0.2, 0.25) is 5.91 Å². The molecular formula is C16H24N2O.